The molecule has 0 aromatic carbocycles. The fourth-order valence-corrected chi connectivity index (χ4v) is 1.12. The molecule has 0 saturated heterocycles. The monoisotopic (exact) mass is 205 g/mol. The van der Waals surface area contributed by atoms with E-state index in [9.17, 15) is 13.2 Å². The molecule has 0 unspecified atom stereocenters. The van der Waals surface area contributed by atoms with Gasteiger partial charge in [0.25, 0.3) is 0 Å². The molecular formula is C10H14F3N. The smallest absolute Gasteiger partial charge is 0.256 e. The highest BCUT2D eigenvalue weighted by Crippen LogP contribution is 2.44. The van der Waals surface area contributed by atoms with E-state index in [1.54, 1.807) is 13.8 Å². The Labute approximate surface area is 81.7 Å². The third-order valence-electron chi connectivity index (χ3n) is 2.98. The minimum absolute atomic E-state index is 0.345. The van der Waals surface area contributed by atoms with Crippen LogP contribution < -0.4 is 0 Å². The molecule has 1 rings (SSSR count). The second-order valence-electron chi connectivity index (χ2n) is 4.73. The zero-order valence-electron chi connectivity index (χ0n) is 8.74. The van der Waals surface area contributed by atoms with E-state index in [2.05, 4.69) is 4.99 Å². The average molecular weight is 205 g/mol. The van der Waals surface area contributed by atoms with Crippen molar-refractivity contribution >= 4 is 6.21 Å². The number of hydrogen-bond acceptors (Lipinski definition) is 1. The van der Waals surface area contributed by atoms with E-state index in [-0.39, 0.29) is 5.41 Å². The lowest BCUT2D eigenvalue weighted by Gasteiger charge is -2.39. The summed E-state index contributed by atoms with van der Waals surface area (Å²) >= 11 is 0. The predicted molar refractivity (Wildman–Crippen MR) is 50.2 cm³/mol. The first-order chi connectivity index (χ1) is 6.06. The van der Waals surface area contributed by atoms with Crippen LogP contribution in [0.1, 0.15) is 27.7 Å². The number of rotatable bonds is 0. The quantitative estimate of drug-likeness (QED) is 0.573. The Morgan fingerprint density at radius 2 is 1.57 bits per heavy atom. The molecule has 0 radical (unpaired) electrons. The number of nitrogens with zero attached hydrogens (tertiary/aromatic N) is 1. The summed E-state index contributed by atoms with van der Waals surface area (Å²) in [5.74, 6) is 0. The molecule has 1 aliphatic rings. The molecule has 0 amide bonds. The minimum Gasteiger partial charge on any atom is -0.256 e. The predicted octanol–water partition coefficient (Wildman–Crippen LogP) is 3.57. The van der Waals surface area contributed by atoms with Gasteiger partial charge in [0, 0.05) is 11.6 Å². The molecule has 1 nitrogen and oxygen atoms in total. The summed E-state index contributed by atoms with van der Waals surface area (Å²) in [6.45, 7) is 7.31. The van der Waals surface area contributed by atoms with Gasteiger partial charge in [0.15, 0.2) is 0 Å². The topological polar surface area (TPSA) is 12.4 Å². The Morgan fingerprint density at radius 3 is 1.93 bits per heavy atom. The molecule has 80 valence electrons. The summed E-state index contributed by atoms with van der Waals surface area (Å²) < 4.78 is 37.1. The molecule has 0 fully saturated rings. The Kier molecular flexibility index (Phi) is 2.29. The maximum absolute atomic E-state index is 12.4. The zero-order valence-corrected chi connectivity index (χ0v) is 8.74. The van der Waals surface area contributed by atoms with Gasteiger partial charge in [0.2, 0.25) is 0 Å². The third kappa shape index (κ3) is 1.83. The fraction of sp³-hybridized carbons (Fsp3) is 0.700. The molecule has 0 aromatic rings. The molecule has 0 aliphatic carbocycles. The Bertz CT molecular complexity index is 295. The van der Waals surface area contributed by atoms with Crippen molar-refractivity contribution in [2.24, 2.45) is 15.8 Å². The molecule has 1 aliphatic heterocycles. The van der Waals surface area contributed by atoms with Gasteiger partial charge in [0.1, 0.15) is 5.70 Å². The van der Waals surface area contributed by atoms with Gasteiger partial charge in [-0.1, -0.05) is 27.7 Å². The highest BCUT2D eigenvalue weighted by atomic mass is 19.4. The maximum Gasteiger partial charge on any atom is 0.433 e. The molecule has 4 heteroatoms. The Hall–Kier alpha value is -0.800. The summed E-state index contributed by atoms with van der Waals surface area (Å²) in [4.78, 5) is 3.46. The van der Waals surface area contributed by atoms with Crippen molar-refractivity contribution < 1.29 is 13.2 Å². The first kappa shape index (κ1) is 11.3. The molecule has 0 N–H and O–H groups in total. The lowest BCUT2D eigenvalue weighted by Crippen LogP contribution is -2.36. The van der Waals surface area contributed by atoms with Crippen LogP contribution in [0.2, 0.25) is 0 Å². The van der Waals surface area contributed by atoms with Crippen LogP contribution in [0.4, 0.5) is 13.2 Å². The largest absolute Gasteiger partial charge is 0.433 e. The van der Waals surface area contributed by atoms with E-state index >= 15 is 0 Å². The van der Waals surface area contributed by atoms with E-state index in [4.69, 9.17) is 0 Å². The summed E-state index contributed by atoms with van der Waals surface area (Å²) in [6, 6.07) is 0. The van der Waals surface area contributed by atoms with Gasteiger partial charge in [-0.05, 0) is 11.5 Å². The third-order valence-corrected chi connectivity index (χ3v) is 2.98. The van der Waals surface area contributed by atoms with Crippen LogP contribution in [-0.4, -0.2) is 12.4 Å². The Balaban J connectivity index is 3.11. The van der Waals surface area contributed by atoms with Gasteiger partial charge in [-0.3, -0.25) is 4.99 Å². The number of hydrogen-bond donors (Lipinski definition) is 0. The average Bonchev–Trinajstić information content (AvgIpc) is 1.92. The maximum atomic E-state index is 12.4. The van der Waals surface area contributed by atoms with Crippen LogP contribution in [0.5, 0.6) is 0 Å². The molecule has 0 bridgehead atoms. The highest BCUT2D eigenvalue weighted by Gasteiger charge is 2.43. The summed E-state index contributed by atoms with van der Waals surface area (Å²) in [7, 11) is 0. The zero-order chi connectivity index (χ0) is 11.2. The lowest BCUT2D eigenvalue weighted by molar-refractivity contribution is -0.0940. The van der Waals surface area contributed by atoms with Crippen molar-refractivity contribution in [2.45, 2.75) is 33.9 Å². The van der Waals surface area contributed by atoms with Gasteiger partial charge in [-0.15, -0.1) is 0 Å². The van der Waals surface area contributed by atoms with Crippen LogP contribution >= 0.6 is 0 Å². The normalized spacial score (nSPS) is 24.6. The van der Waals surface area contributed by atoms with Crippen molar-refractivity contribution in [3.63, 3.8) is 0 Å². The van der Waals surface area contributed by atoms with Crippen LogP contribution in [0.3, 0.4) is 0 Å². The first-order valence-corrected chi connectivity index (χ1v) is 4.41. The van der Waals surface area contributed by atoms with Crippen LogP contribution in [0.15, 0.2) is 16.8 Å². The van der Waals surface area contributed by atoms with Gasteiger partial charge in [-0.25, -0.2) is 0 Å². The van der Waals surface area contributed by atoms with E-state index in [1.807, 2.05) is 13.8 Å². The number of halogens is 3. The van der Waals surface area contributed by atoms with Crippen molar-refractivity contribution in [2.75, 3.05) is 0 Å². The van der Waals surface area contributed by atoms with E-state index < -0.39 is 17.3 Å². The molecule has 1 heterocycles. The second-order valence-corrected chi connectivity index (χ2v) is 4.73. The standard InChI is InChI=1S/C10H14F3N/c1-8(2)5-7(10(11,12)13)14-6-9(8,3)4/h5-6H,1-4H3. The first-order valence-electron chi connectivity index (χ1n) is 4.41. The lowest BCUT2D eigenvalue weighted by atomic mass is 9.67. The van der Waals surface area contributed by atoms with E-state index in [0.717, 1.165) is 0 Å². The summed E-state index contributed by atoms with van der Waals surface area (Å²) in [5, 5.41) is 0. The molecule has 0 aromatic heterocycles. The van der Waals surface area contributed by atoms with Crippen LogP contribution in [0, 0.1) is 10.8 Å². The number of allylic oxidation sites excluding steroid dienone is 2. The highest BCUT2D eigenvalue weighted by molar-refractivity contribution is 5.70. The van der Waals surface area contributed by atoms with E-state index in [1.165, 1.54) is 12.3 Å². The molecule has 14 heavy (non-hydrogen) atoms. The van der Waals surface area contributed by atoms with Gasteiger partial charge in [-0.2, -0.15) is 13.2 Å². The van der Waals surface area contributed by atoms with Gasteiger partial charge >= 0.3 is 6.18 Å². The molecule has 0 atom stereocenters. The molecule has 0 spiro atoms. The summed E-state index contributed by atoms with van der Waals surface area (Å²) in [5.41, 5.74) is -1.66. The van der Waals surface area contributed by atoms with Gasteiger partial charge < -0.3 is 0 Å². The van der Waals surface area contributed by atoms with Crippen molar-refractivity contribution in [3.05, 3.63) is 11.8 Å². The number of alkyl halides is 3. The molecule has 0 saturated carbocycles. The van der Waals surface area contributed by atoms with Crippen LogP contribution in [-0.2, 0) is 0 Å². The van der Waals surface area contributed by atoms with Crippen molar-refractivity contribution in [1.29, 1.82) is 0 Å². The molecular weight excluding hydrogens is 191 g/mol. The van der Waals surface area contributed by atoms with Crippen molar-refractivity contribution in [1.82, 2.24) is 0 Å². The van der Waals surface area contributed by atoms with Crippen LogP contribution in [0.25, 0.3) is 0 Å². The Morgan fingerprint density at radius 1 is 1.07 bits per heavy atom. The fourth-order valence-electron chi connectivity index (χ4n) is 1.12. The minimum atomic E-state index is -4.34. The SMILES string of the molecule is CC1(C)C=NC(C(F)(F)F)=CC1(C)C. The summed E-state index contributed by atoms with van der Waals surface area (Å²) in [6.07, 6.45) is -1.76. The number of aliphatic imine (C=N–C) groups is 1. The van der Waals surface area contributed by atoms with E-state index in [0.29, 0.717) is 0 Å². The second kappa shape index (κ2) is 2.84. The van der Waals surface area contributed by atoms with Gasteiger partial charge in [0.05, 0.1) is 0 Å². The van der Waals surface area contributed by atoms with Crippen molar-refractivity contribution in [3.8, 4) is 0 Å².